The third kappa shape index (κ3) is 3.12. The number of imide groups is 1. The van der Waals surface area contributed by atoms with E-state index in [4.69, 9.17) is 5.26 Å². The highest BCUT2D eigenvalue weighted by Crippen LogP contribution is 2.52. The zero-order valence-electron chi connectivity index (χ0n) is 17.0. The second kappa shape index (κ2) is 7.96. The summed E-state index contributed by atoms with van der Waals surface area (Å²) in [6, 6.07) is 8.21. The third-order valence-corrected chi connectivity index (χ3v) is 6.56. The van der Waals surface area contributed by atoms with Crippen molar-refractivity contribution in [2.75, 3.05) is 6.54 Å². The van der Waals surface area contributed by atoms with E-state index in [0.29, 0.717) is 30.5 Å². The maximum atomic E-state index is 13.3. The van der Waals surface area contributed by atoms with E-state index in [9.17, 15) is 19.5 Å². The minimum atomic E-state index is -1.51. The first kappa shape index (κ1) is 21.0. The summed E-state index contributed by atoms with van der Waals surface area (Å²) < 4.78 is 0. The molecule has 3 rings (SSSR count). The SMILES string of the molecule is CCCCN1C(=O)C2C(c3ccc(C#N)cc3)NC(C(=O)O)(C(C)CC)C2C1=O. The summed E-state index contributed by atoms with van der Waals surface area (Å²) in [6.07, 6.45) is 2.08. The number of nitriles is 1. The van der Waals surface area contributed by atoms with Gasteiger partial charge in [-0.25, -0.2) is 0 Å². The first-order valence-corrected chi connectivity index (χ1v) is 10.2. The van der Waals surface area contributed by atoms with Gasteiger partial charge in [-0.3, -0.25) is 24.6 Å². The molecule has 2 aliphatic heterocycles. The minimum absolute atomic E-state index is 0.304. The lowest BCUT2D eigenvalue weighted by Gasteiger charge is -2.36. The molecule has 1 aromatic carbocycles. The number of fused-ring (bicyclic) bond motifs is 1. The summed E-state index contributed by atoms with van der Waals surface area (Å²) in [6.45, 7) is 5.99. The van der Waals surface area contributed by atoms with Crippen LogP contribution in [0.4, 0.5) is 0 Å². The molecule has 7 nitrogen and oxygen atoms in total. The minimum Gasteiger partial charge on any atom is -0.480 e. The van der Waals surface area contributed by atoms with Gasteiger partial charge in [0.1, 0.15) is 5.54 Å². The van der Waals surface area contributed by atoms with Crippen LogP contribution in [0.1, 0.15) is 57.2 Å². The summed E-state index contributed by atoms with van der Waals surface area (Å²) in [7, 11) is 0. The average molecular weight is 397 g/mol. The van der Waals surface area contributed by atoms with Crippen molar-refractivity contribution in [3.63, 3.8) is 0 Å². The Morgan fingerprint density at radius 2 is 1.93 bits per heavy atom. The molecular weight excluding hydrogens is 370 g/mol. The number of rotatable bonds is 7. The van der Waals surface area contributed by atoms with Crippen molar-refractivity contribution in [3.05, 3.63) is 35.4 Å². The maximum absolute atomic E-state index is 13.3. The van der Waals surface area contributed by atoms with Gasteiger partial charge in [-0.05, 0) is 30.0 Å². The van der Waals surface area contributed by atoms with Crippen molar-refractivity contribution in [1.29, 1.82) is 5.26 Å². The predicted octanol–water partition coefficient (Wildman–Crippen LogP) is 2.47. The monoisotopic (exact) mass is 397 g/mol. The number of aliphatic carboxylic acids is 1. The van der Waals surface area contributed by atoms with Crippen LogP contribution in [0.15, 0.2) is 24.3 Å². The summed E-state index contributed by atoms with van der Waals surface area (Å²) in [5.41, 5.74) is -0.317. The molecule has 2 N–H and O–H groups in total. The number of carboxylic acid groups (broad SMARTS) is 1. The lowest BCUT2D eigenvalue weighted by atomic mass is 9.72. The molecule has 0 saturated carbocycles. The van der Waals surface area contributed by atoms with E-state index < -0.39 is 29.4 Å². The number of carboxylic acids is 1. The zero-order chi connectivity index (χ0) is 21.3. The summed E-state index contributed by atoms with van der Waals surface area (Å²) in [5, 5.41) is 22.5. The van der Waals surface area contributed by atoms with Crippen LogP contribution in [-0.4, -0.2) is 39.9 Å². The number of carbonyl (C=O) groups excluding carboxylic acids is 2. The fraction of sp³-hybridized carbons (Fsp3) is 0.545. The molecule has 0 aromatic heterocycles. The van der Waals surface area contributed by atoms with Gasteiger partial charge in [0.05, 0.1) is 23.5 Å². The number of amides is 2. The molecular formula is C22H27N3O4. The van der Waals surface area contributed by atoms with Crippen LogP contribution in [0.3, 0.4) is 0 Å². The Morgan fingerprint density at radius 1 is 1.28 bits per heavy atom. The molecule has 2 aliphatic rings. The largest absolute Gasteiger partial charge is 0.480 e. The van der Waals surface area contributed by atoms with E-state index in [-0.39, 0.29) is 17.7 Å². The number of hydrogen-bond acceptors (Lipinski definition) is 5. The molecule has 2 fully saturated rings. The summed E-state index contributed by atoms with van der Waals surface area (Å²) in [4.78, 5) is 40.3. The molecule has 0 radical (unpaired) electrons. The molecule has 2 saturated heterocycles. The molecule has 2 amide bonds. The van der Waals surface area contributed by atoms with Gasteiger partial charge in [-0.2, -0.15) is 5.26 Å². The van der Waals surface area contributed by atoms with Gasteiger partial charge in [0.15, 0.2) is 0 Å². The fourth-order valence-electron chi connectivity index (χ4n) is 4.77. The molecule has 7 heteroatoms. The van der Waals surface area contributed by atoms with E-state index >= 15 is 0 Å². The van der Waals surface area contributed by atoms with Crippen LogP contribution in [0.5, 0.6) is 0 Å². The molecule has 1 aromatic rings. The number of hydrogen-bond donors (Lipinski definition) is 2. The highest BCUT2D eigenvalue weighted by Gasteiger charge is 2.69. The second-order valence-electron chi connectivity index (χ2n) is 8.02. The Bertz CT molecular complexity index is 860. The van der Waals surface area contributed by atoms with Gasteiger partial charge in [0, 0.05) is 12.6 Å². The van der Waals surface area contributed by atoms with E-state index in [2.05, 4.69) is 11.4 Å². The van der Waals surface area contributed by atoms with Gasteiger partial charge >= 0.3 is 5.97 Å². The number of unbranched alkanes of at least 4 members (excludes halogenated alkanes) is 1. The number of nitrogens with zero attached hydrogens (tertiary/aromatic N) is 2. The maximum Gasteiger partial charge on any atom is 0.325 e. The molecule has 0 aliphatic carbocycles. The summed E-state index contributed by atoms with van der Waals surface area (Å²) in [5.74, 6) is -3.85. The van der Waals surface area contributed by atoms with Crippen molar-refractivity contribution in [3.8, 4) is 6.07 Å². The van der Waals surface area contributed by atoms with Crippen LogP contribution in [0, 0.1) is 29.1 Å². The lowest BCUT2D eigenvalue weighted by Crippen LogP contribution is -2.59. The molecule has 0 spiro atoms. The van der Waals surface area contributed by atoms with Gasteiger partial charge in [-0.1, -0.05) is 45.7 Å². The van der Waals surface area contributed by atoms with Crippen LogP contribution >= 0.6 is 0 Å². The molecule has 0 bridgehead atoms. The Labute approximate surface area is 170 Å². The average Bonchev–Trinajstić information content (AvgIpc) is 3.21. The third-order valence-electron chi connectivity index (χ3n) is 6.56. The first-order valence-electron chi connectivity index (χ1n) is 10.2. The smallest absolute Gasteiger partial charge is 0.325 e. The summed E-state index contributed by atoms with van der Waals surface area (Å²) >= 11 is 0. The number of benzene rings is 1. The van der Waals surface area contributed by atoms with E-state index in [0.717, 1.165) is 6.42 Å². The van der Waals surface area contributed by atoms with E-state index in [1.165, 1.54) is 4.90 Å². The van der Waals surface area contributed by atoms with Crippen molar-refractivity contribution in [2.45, 2.75) is 51.6 Å². The predicted molar refractivity (Wildman–Crippen MR) is 105 cm³/mol. The van der Waals surface area contributed by atoms with Crippen molar-refractivity contribution in [1.82, 2.24) is 10.2 Å². The quantitative estimate of drug-likeness (QED) is 0.684. The Balaban J connectivity index is 2.12. The molecule has 2 heterocycles. The molecule has 29 heavy (non-hydrogen) atoms. The highest BCUT2D eigenvalue weighted by molar-refractivity contribution is 6.09. The van der Waals surface area contributed by atoms with Crippen LogP contribution in [-0.2, 0) is 14.4 Å². The van der Waals surface area contributed by atoms with Crippen molar-refractivity contribution < 1.29 is 19.5 Å². The first-order chi connectivity index (χ1) is 13.8. The second-order valence-corrected chi connectivity index (χ2v) is 8.02. The fourth-order valence-corrected chi connectivity index (χ4v) is 4.77. The van der Waals surface area contributed by atoms with Gasteiger partial charge < -0.3 is 5.11 Å². The topological polar surface area (TPSA) is 110 Å². The van der Waals surface area contributed by atoms with Gasteiger partial charge in [0.2, 0.25) is 11.8 Å². The number of nitrogens with one attached hydrogen (secondary N) is 1. The highest BCUT2D eigenvalue weighted by atomic mass is 16.4. The van der Waals surface area contributed by atoms with Crippen molar-refractivity contribution in [2.24, 2.45) is 17.8 Å². The van der Waals surface area contributed by atoms with Crippen LogP contribution in [0.2, 0.25) is 0 Å². The standard InChI is InChI=1S/C22H27N3O4/c1-4-6-11-25-19(26)16-17(20(25)27)22(21(28)29,13(3)5-2)24-18(16)15-9-7-14(12-23)8-10-15/h7-10,13,16-18,24H,4-6,11H2,1-3H3,(H,28,29). The van der Waals surface area contributed by atoms with Gasteiger partial charge in [-0.15, -0.1) is 0 Å². The Kier molecular flexibility index (Phi) is 5.76. The van der Waals surface area contributed by atoms with E-state index in [1.54, 1.807) is 24.3 Å². The van der Waals surface area contributed by atoms with Crippen molar-refractivity contribution >= 4 is 17.8 Å². The number of carbonyl (C=O) groups is 3. The molecule has 154 valence electrons. The van der Waals surface area contributed by atoms with Crippen LogP contribution < -0.4 is 5.32 Å². The number of likely N-dealkylation sites (tertiary alicyclic amines) is 1. The lowest BCUT2D eigenvalue weighted by molar-refractivity contribution is -0.154. The Morgan fingerprint density at radius 3 is 2.45 bits per heavy atom. The Hall–Kier alpha value is -2.72. The molecule has 5 unspecified atom stereocenters. The van der Waals surface area contributed by atoms with Gasteiger partial charge in [0.25, 0.3) is 0 Å². The zero-order valence-corrected chi connectivity index (χ0v) is 17.0. The van der Waals surface area contributed by atoms with Crippen LogP contribution in [0.25, 0.3) is 0 Å². The normalized spacial score (nSPS) is 29.6. The van der Waals surface area contributed by atoms with E-state index in [1.807, 2.05) is 20.8 Å². The molecule has 5 atom stereocenters.